The summed E-state index contributed by atoms with van der Waals surface area (Å²) in [6.07, 6.45) is 7.92. The van der Waals surface area contributed by atoms with Crippen LogP contribution < -0.4 is 16.0 Å². The van der Waals surface area contributed by atoms with Crippen molar-refractivity contribution in [3.8, 4) is 0 Å². The molecule has 4 N–H and O–H groups in total. The minimum atomic E-state index is -0.484. The fourth-order valence-electron chi connectivity index (χ4n) is 3.89. The lowest BCUT2D eigenvalue weighted by molar-refractivity contribution is -0.138. The predicted octanol–water partition coefficient (Wildman–Crippen LogP) is 2.85. The van der Waals surface area contributed by atoms with Gasteiger partial charge in [0, 0.05) is 23.1 Å². The molecule has 3 amide bonds. The molecule has 3 rings (SSSR count). The molecule has 2 aliphatic rings. The van der Waals surface area contributed by atoms with Gasteiger partial charge in [0.05, 0.1) is 30.9 Å². The number of esters is 1. The summed E-state index contributed by atoms with van der Waals surface area (Å²) >= 11 is 1.89. The number of aliphatic hydroxyl groups excluding tert-OH is 1. The molecule has 2 saturated heterocycles. The van der Waals surface area contributed by atoms with E-state index in [2.05, 4.69) is 16.0 Å². The number of ether oxygens (including phenoxy) is 1. The van der Waals surface area contributed by atoms with Crippen LogP contribution in [0.3, 0.4) is 0 Å². The number of benzene rings is 1. The van der Waals surface area contributed by atoms with Crippen LogP contribution in [0.15, 0.2) is 42.0 Å². The molecule has 33 heavy (non-hydrogen) atoms. The summed E-state index contributed by atoms with van der Waals surface area (Å²) in [5.41, 5.74) is 1.85. The van der Waals surface area contributed by atoms with E-state index in [1.54, 1.807) is 19.1 Å². The molecule has 8 nitrogen and oxygen atoms in total. The molecule has 1 aromatic rings. The van der Waals surface area contributed by atoms with Gasteiger partial charge in [0.15, 0.2) is 0 Å². The zero-order valence-corrected chi connectivity index (χ0v) is 19.5. The number of amides is 3. The van der Waals surface area contributed by atoms with Crippen LogP contribution in [0.5, 0.6) is 0 Å². The van der Waals surface area contributed by atoms with Crippen molar-refractivity contribution in [2.75, 3.05) is 24.3 Å². The third kappa shape index (κ3) is 7.36. The third-order valence-electron chi connectivity index (χ3n) is 5.55. The Morgan fingerprint density at radius 3 is 2.76 bits per heavy atom. The van der Waals surface area contributed by atoms with Crippen molar-refractivity contribution in [1.82, 2.24) is 10.6 Å². The van der Waals surface area contributed by atoms with Crippen molar-refractivity contribution in [3.05, 3.63) is 47.6 Å². The number of fused-ring (bicyclic) bond motifs is 1. The van der Waals surface area contributed by atoms with Gasteiger partial charge in [-0.25, -0.2) is 9.59 Å². The van der Waals surface area contributed by atoms with E-state index in [1.807, 2.05) is 36.0 Å². The standard InChI is InChI=1S/C24H31N3O5S/c1-2-32-23(30)17(13-14-28)10-7-16-8-11-18(12-9-16)25-21(29)6-4-3-5-20-22-19(15-33-20)26-24(31)27-22/h7-13,19-20,22,28H,2-6,14-15H2,1H3,(H,25,29)(H2,26,27,31)/t19-,20-,22-/m0/s1. The normalized spacial score (nSPS) is 22.1. The molecule has 0 radical (unpaired) electrons. The number of rotatable bonds is 11. The zero-order chi connectivity index (χ0) is 23.6. The molecule has 1 aromatic carbocycles. The molecule has 0 bridgehead atoms. The highest BCUT2D eigenvalue weighted by molar-refractivity contribution is 8.00. The molecule has 2 aliphatic heterocycles. The number of nitrogens with one attached hydrogen (secondary N) is 3. The van der Waals surface area contributed by atoms with E-state index in [4.69, 9.17) is 9.84 Å². The number of hydrogen-bond acceptors (Lipinski definition) is 6. The van der Waals surface area contributed by atoms with Crippen LogP contribution in [0, 0.1) is 0 Å². The molecule has 2 fully saturated rings. The Hall–Kier alpha value is -2.78. The van der Waals surface area contributed by atoms with Gasteiger partial charge in [-0.2, -0.15) is 11.8 Å². The number of thioether (sulfide) groups is 1. The Bertz CT molecular complexity index is 900. The summed E-state index contributed by atoms with van der Waals surface area (Å²) in [6.45, 7) is 1.74. The zero-order valence-electron chi connectivity index (χ0n) is 18.7. The van der Waals surface area contributed by atoms with E-state index in [0.717, 1.165) is 30.6 Å². The van der Waals surface area contributed by atoms with Gasteiger partial charge in [-0.3, -0.25) is 4.79 Å². The van der Waals surface area contributed by atoms with Crippen molar-refractivity contribution < 1.29 is 24.2 Å². The van der Waals surface area contributed by atoms with Crippen LogP contribution in [0.4, 0.5) is 10.5 Å². The smallest absolute Gasteiger partial charge is 0.337 e. The molecule has 3 atom stereocenters. The molecule has 0 spiro atoms. The fraction of sp³-hybridized carbons (Fsp3) is 0.458. The summed E-state index contributed by atoms with van der Waals surface area (Å²) in [7, 11) is 0. The number of carbonyl (C=O) groups excluding carboxylic acids is 3. The van der Waals surface area contributed by atoms with E-state index in [0.29, 0.717) is 17.4 Å². The van der Waals surface area contributed by atoms with Gasteiger partial charge in [0.25, 0.3) is 0 Å². The second-order valence-corrected chi connectivity index (χ2v) is 9.21. The van der Waals surface area contributed by atoms with Gasteiger partial charge in [-0.1, -0.05) is 24.6 Å². The summed E-state index contributed by atoms with van der Waals surface area (Å²) in [5.74, 6) is 0.436. The second kappa shape index (κ2) is 12.5. The topological polar surface area (TPSA) is 117 Å². The fourth-order valence-corrected chi connectivity index (χ4v) is 5.44. The Morgan fingerprint density at radius 2 is 2.03 bits per heavy atom. The lowest BCUT2D eigenvalue weighted by Gasteiger charge is -2.16. The van der Waals surface area contributed by atoms with Gasteiger partial charge in [-0.05, 0) is 49.6 Å². The first-order valence-corrected chi connectivity index (χ1v) is 12.3. The van der Waals surface area contributed by atoms with Crippen molar-refractivity contribution >= 4 is 41.4 Å². The van der Waals surface area contributed by atoms with Crippen LogP contribution in [0.1, 0.15) is 38.2 Å². The van der Waals surface area contributed by atoms with Crippen LogP contribution in [0.2, 0.25) is 0 Å². The largest absolute Gasteiger partial charge is 0.462 e. The highest BCUT2D eigenvalue weighted by Gasteiger charge is 2.42. The summed E-state index contributed by atoms with van der Waals surface area (Å²) in [4.78, 5) is 35.6. The second-order valence-electron chi connectivity index (χ2n) is 7.93. The van der Waals surface area contributed by atoms with Crippen molar-refractivity contribution in [2.24, 2.45) is 0 Å². The number of anilines is 1. The molecule has 0 saturated carbocycles. The molecular weight excluding hydrogens is 442 g/mol. The summed E-state index contributed by atoms with van der Waals surface area (Å²) < 4.78 is 4.96. The van der Waals surface area contributed by atoms with E-state index >= 15 is 0 Å². The lowest BCUT2D eigenvalue weighted by Crippen LogP contribution is -2.36. The average Bonchev–Trinajstić information content (AvgIpc) is 3.34. The molecule has 9 heteroatoms. The Morgan fingerprint density at radius 1 is 1.24 bits per heavy atom. The number of unbranched alkanes of at least 4 members (excludes halogenated alkanes) is 1. The molecular formula is C24H31N3O5S. The molecule has 0 aliphatic carbocycles. The lowest BCUT2D eigenvalue weighted by atomic mass is 10.0. The quantitative estimate of drug-likeness (QED) is 0.129. The highest BCUT2D eigenvalue weighted by Crippen LogP contribution is 2.33. The summed E-state index contributed by atoms with van der Waals surface area (Å²) in [5, 5.41) is 18.3. The average molecular weight is 474 g/mol. The molecule has 2 heterocycles. The van der Waals surface area contributed by atoms with Gasteiger partial charge in [0.2, 0.25) is 5.91 Å². The van der Waals surface area contributed by atoms with E-state index in [-0.39, 0.29) is 42.8 Å². The first-order valence-electron chi connectivity index (χ1n) is 11.2. The van der Waals surface area contributed by atoms with Crippen molar-refractivity contribution in [2.45, 2.75) is 49.9 Å². The number of urea groups is 1. The van der Waals surface area contributed by atoms with Gasteiger partial charge in [0.1, 0.15) is 0 Å². The maximum Gasteiger partial charge on any atom is 0.337 e. The maximum absolute atomic E-state index is 12.3. The third-order valence-corrected chi connectivity index (χ3v) is 7.06. The van der Waals surface area contributed by atoms with E-state index in [9.17, 15) is 14.4 Å². The number of carbonyl (C=O) groups is 3. The SMILES string of the molecule is CCOC(=O)C(C=Cc1ccc(NC(=O)CCCC[C@@H]2SC[C@@H]3NC(=O)N[C@@H]32)cc1)=CCO. The minimum absolute atomic E-state index is 0.0263. The monoisotopic (exact) mass is 473 g/mol. The predicted molar refractivity (Wildman–Crippen MR) is 130 cm³/mol. The Labute approximate surface area is 198 Å². The number of hydrogen-bond donors (Lipinski definition) is 4. The molecule has 178 valence electrons. The van der Waals surface area contributed by atoms with Gasteiger partial charge in [-0.15, -0.1) is 0 Å². The Balaban J connectivity index is 1.39. The van der Waals surface area contributed by atoms with Crippen LogP contribution in [-0.2, 0) is 14.3 Å². The Kier molecular flexibility index (Phi) is 9.38. The minimum Gasteiger partial charge on any atom is -0.462 e. The van der Waals surface area contributed by atoms with E-state index in [1.165, 1.54) is 6.08 Å². The molecule has 0 aromatic heterocycles. The number of aliphatic hydroxyl groups is 1. The van der Waals surface area contributed by atoms with Crippen molar-refractivity contribution in [3.63, 3.8) is 0 Å². The van der Waals surface area contributed by atoms with Gasteiger partial charge < -0.3 is 25.8 Å². The highest BCUT2D eigenvalue weighted by atomic mass is 32.2. The molecule has 0 unspecified atom stereocenters. The summed E-state index contributed by atoms with van der Waals surface area (Å²) in [6, 6.07) is 7.66. The first kappa shape index (κ1) is 24.9. The van der Waals surface area contributed by atoms with Crippen LogP contribution in [-0.4, -0.2) is 59.3 Å². The van der Waals surface area contributed by atoms with Crippen molar-refractivity contribution in [1.29, 1.82) is 0 Å². The van der Waals surface area contributed by atoms with Crippen LogP contribution >= 0.6 is 11.8 Å². The van der Waals surface area contributed by atoms with E-state index < -0.39 is 5.97 Å². The first-order chi connectivity index (χ1) is 16.0. The van der Waals surface area contributed by atoms with Crippen LogP contribution in [0.25, 0.3) is 6.08 Å². The maximum atomic E-state index is 12.3. The van der Waals surface area contributed by atoms with Gasteiger partial charge >= 0.3 is 12.0 Å².